The Labute approximate surface area is 136 Å². The predicted molar refractivity (Wildman–Crippen MR) is 82.0 cm³/mol. The van der Waals surface area contributed by atoms with Crippen molar-refractivity contribution >= 4 is 5.69 Å². The Bertz CT molecular complexity index is 746. The van der Waals surface area contributed by atoms with Gasteiger partial charge in [0, 0.05) is 12.1 Å². The van der Waals surface area contributed by atoms with Crippen LogP contribution in [0.3, 0.4) is 0 Å². The maximum Gasteiger partial charge on any atom is 0.416 e. The lowest BCUT2D eigenvalue weighted by Crippen LogP contribution is -2.18. The lowest BCUT2D eigenvalue weighted by molar-refractivity contribution is -0.385. The average molecular weight is 340 g/mol. The van der Waals surface area contributed by atoms with Crippen molar-refractivity contribution in [1.82, 2.24) is 0 Å². The first-order valence-electron chi connectivity index (χ1n) is 7.05. The van der Waals surface area contributed by atoms with Crippen LogP contribution in [0.15, 0.2) is 42.5 Å². The number of nitrogens with zero attached hydrogens (tertiary/aromatic N) is 1. The molecule has 5 nitrogen and oxygen atoms in total. The zero-order chi connectivity index (χ0) is 17.9. The van der Waals surface area contributed by atoms with Gasteiger partial charge in [-0.05, 0) is 37.1 Å². The van der Waals surface area contributed by atoms with E-state index in [-0.39, 0.29) is 11.8 Å². The molecule has 0 heterocycles. The average Bonchev–Trinajstić information content (AvgIpc) is 2.47. The van der Waals surface area contributed by atoms with Crippen molar-refractivity contribution in [1.29, 1.82) is 0 Å². The molecular formula is C16H15F3N2O3. The summed E-state index contributed by atoms with van der Waals surface area (Å²) < 4.78 is 43.7. The molecule has 0 aromatic heterocycles. The first-order valence-corrected chi connectivity index (χ1v) is 7.05. The SMILES string of the molecule is CC(N)Cc1ccccc1Oc1ccc(C(F)(F)F)cc1[N+](=O)[O-]. The molecule has 0 aliphatic rings. The van der Waals surface area contributed by atoms with Crippen LogP contribution in [0.5, 0.6) is 11.5 Å². The number of alkyl halides is 3. The third-order valence-electron chi connectivity index (χ3n) is 3.22. The Morgan fingerprint density at radius 3 is 2.46 bits per heavy atom. The smallest absolute Gasteiger partial charge is 0.416 e. The third-order valence-corrected chi connectivity index (χ3v) is 3.22. The number of hydrogen-bond donors (Lipinski definition) is 1. The van der Waals surface area contributed by atoms with Gasteiger partial charge in [-0.1, -0.05) is 18.2 Å². The largest absolute Gasteiger partial charge is 0.450 e. The number of nitrogens with two attached hydrogens (primary N) is 1. The molecule has 24 heavy (non-hydrogen) atoms. The summed E-state index contributed by atoms with van der Waals surface area (Å²) in [6.45, 7) is 1.79. The summed E-state index contributed by atoms with van der Waals surface area (Å²) in [4.78, 5) is 10.2. The summed E-state index contributed by atoms with van der Waals surface area (Å²) in [7, 11) is 0. The van der Waals surface area contributed by atoms with Crippen molar-refractivity contribution < 1.29 is 22.8 Å². The van der Waals surface area contributed by atoms with Crippen molar-refractivity contribution in [2.45, 2.75) is 25.6 Å². The van der Waals surface area contributed by atoms with Crippen LogP contribution in [0.4, 0.5) is 18.9 Å². The number of nitro groups is 1. The van der Waals surface area contributed by atoms with Crippen LogP contribution in [0.2, 0.25) is 0 Å². The van der Waals surface area contributed by atoms with Crippen molar-refractivity contribution in [3.63, 3.8) is 0 Å². The summed E-state index contributed by atoms with van der Waals surface area (Å²) in [6.07, 6.45) is -4.21. The normalized spacial score (nSPS) is 12.7. The molecular weight excluding hydrogens is 325 g/mol. The van der Waals surface area contributed by atoms with E-state index in [9.17, 15) is 23.3 Å². The van der Waals surface area contributed by atoms with Gasteiger partial charge < -0.3 is 10.5 Å². The minimum Gasteiger partial charge on any atom is -0.450 e. The van der Waals surface area contributed by atoms with Crippen LogP contribution < -0.4 is 10.5 Å². The Hall–Kier alpha value is -2.61. The Morgan fingerprint density at radius 1 is 1.21 bits per heavy atom. The maximum atomic E-state index is 12.7. The molecule has 0 saturated heterocycles. The van der Waals surface area contributed by atoms with E-state index < -0.39 is 22.4 Å². The molecule has 1 atom stereocenters. The fourth-order valence-corrected chi connectivity index (χ4v) is 2.16. The van der Waals surface area contributed by atoms with Gasteiger partial charge in [0.1, 0.15) is 5.75 Å². The van der Waals surface area contributed by atoms with Crippen molar-refractivity contribution in [3.8, 4) is 11.5 Å². The van der Waals surface area contributed by atoms with E-state index in [1.807, 2.05) is 0 Å². The van der Waals surface area contributed by atoms with Crippen molar-refractivity contribution in [2.24, 2.45) is 5.73 Å². The highest BCUT2D eigenvalue weighted by atomic mass is 19.4. The van der Waals surface area contributed by atoms with Gasteiger partial charge in [-0.15, -0.1) is 0 Å². The maximum absolute atomic E-state index is 12.7. The fraction of sp³-hybridized carbons (Fsp3) is 0.250. The van der Waals surface area contributed by atoms with Crippen LogP contribution in [-0.4, -0.2) is 11.0 Å². The molecule has 0 aliphatic heterocycles. The second-order valence-corrected chi connectivity index (χ2v) is 5.33. The summed E-state index contributed by atoms with van der Waals surface area (Å²) in [5.41, 5.74) is 4.60. The molecule has 0 amide bonds. The predicted octanol–water partition coefficient (Wildman–Crippen LogP) is 4.30. The Morgan fingerprint density at radius 2 is 1.88 bits per heavy atom. The van der Waals surface area contributed by atoms with E-state index in [0.29, 0.717) is 23.8 Å². The highest BCUT2D eigenvalue weighted by molar-refractivity contribution is 5.52. The number of nitro benzene ring substituents is 1. The molecule has 2 N–H and O–H groups in total. The first kappa shape index (κ1) is 17.7. The minimum absolute atomic E-state index is 0.169. The van der Waals surface area contributed by atoms with Crippen LogP contribution in [-0.2, 0) is 12.6 Å². The van der Waals surface area contributed by atoms with Gasteiger partial charge in [-0.2, -0.15) is 13.2 Å². The number of hydrogen-bond acceptors (Lipinski definition) is 4. The Kier molecular flexibility index (Phi) is 5.08. The number of benzene rings is 2. The standard InChI is InChI=1S/C16H15F3N2O3/c1-10(20)8-11-4-2-3-5-14(11)24-15-7-6-12(16(17,18)19)9-13(15)21(22)23/h2-7,9-10H,8,20H2,1H3. The van der Waals surface area contributed by atoms with Gasteiger partial charge in [0.05, 0.1) is 10.5 Å². The van der Waals surface area contributed by atoms with E-state index in [1.165, 1.54) is 0 Å². The van der Waals surface area contributed by atoms with Gasteiger partial charge >= 0.3 is 11.9 Å². The molecule has 2 aromatic rings. The molecule has 0 aliphatic carbocycles. The second-order valence-electron chi connectivity index (χ2n) is 5.33. The second kappa shape index (κ2) is 6.88. The van der Waals surface area contributed by atoms with Gasteiger partial charge in [0.2, 0.25) is 5.75 Å². The van der Waals surface area contributed by atoms with Crippen molar-refractivity contribution in [2.75, 3.05) is 0 Å². The van der Waals surface area contributed by atoms with Gasteiger partial charge in [-0.3, -0.25) is 10.1 Å². The lowest BCUT2D eigenvalue weighted by Gasteiger charge is -2.14. The molecule has 0 spiro atoms. The minimum atomic E-state index is -4.67. The summed E-state index contributed by atoms with van der Waals surface area (Å²) in [6, 6.07) is 8.73. The molecule has 8 heteroatoms. The van der Waals surface area contributed by atoms with Crippen LogP contribution >= 0.6 is 0 Å². The molecule has 2 aromatic carbocycles. The van der Waals surface area contributed by atoms with E-state index in [1.54, 1.807) is 31.2 Å². The van der Waals surface area contributed by atoms with Crippen molar-refractivity contribution in [3.05, 3.63) is 63.7 Å². The van der Waals surface area contributed by atoms with E-state index >= 15 is 0 Å². The number of ether oxygens (including phenoxy) is 1. The molecule has 128 valence electrons. The van der Waals surface area contributed by atoms with E-state index in [4.69, 9.17) is 10.5 Å². The van der Waals surface area contributed by atoms with Gasteiger partial charge in [-0.25, -0.2) is 0 Å². The van der Waals surface area contributed by atoms with Gasteiger partial charge in [0.25, 0.3) is 0 Å². The monoisotopic (exact) mass is 340 g/mol. The first-order chi connectivity index (χ1) is 11.2. The highest BCUT2D eigenvalue weighted by Gasteiger charge is 2.33. The number of rotatable bonds is 5. The van der Waals surface area contributed by atoms with Crippen LogP contribution in [0, 0.1) is 10.1 Å². The Balaban J connectivity index is 2.42. The fourth-order valence-electron chi connectivity index (χ4n) is 2.16. The summed E-state index contributed by atoms with van der Waals surface area (Å²) in [5, 5.41) is 11.1. The molecule has 0 radical (unpaired) electrons. The molecule has 0 saturated carbocycles. The van der Waals surface area contributed by atoms with E-state index in [2.05, 4.69) is 0 Å². The molecule has 2 rings (SSSR count). The summed E-state index contributed by atoms with van der Waals surface area (Å²) >= 11 is 0. The zero-order valence-corrected chi connectivity index (χ0v) is 12.7. The third kappa shape index (κ3) is 4.23. The topological polar surface area (TPSA) is 78.4 Å². The number of para-hydroxylation sites is 1. The molecule has 1 unspecified atom stereocenters. The number of halogens is 3. The van der Waals surface area contributed by atoms with Crippen LogP contribution in [0.1, 0.15) is 18.1 Å². The molecule has 0 fully saturated rings. The van der Waals surface area contributed by atoms with E-state index in [0.717, 1.165) is 12.1 Å². The lowest BCUT2D eigenvalue weighted by atomic mass is 10.1. The zero-order valence-electron chi connectivity index (χ0n) is 12.7. The molecule has 0 bridgehead atoms. The highest BCUT2D eigenvalue weighted by Crippen LogP contribution is 2.38. The summed E-state index contributed by atoms with van der Waals surface area (Å²) in [5.74, 6) is 0.0581. The quantitative estimate of drug-likeness (QED) is 0.650. The van der Waals surface area contributed by atoms with Gasteiger partial charge in [0.15, 0.2) is 0 Å². The van der Waals surface area contributed by atoms with Crippen LogP contribution in [0.25, 0.3) is 0 Å².